The van der Waals surface area contributed by atoms with Gasteiger partial charge in [-0.15, -0.1) is 0 Å². The molecule has 0 radical (unpaired) electrons. The monoisotopic (exact) mass is 266 g/mol. The molecular weight excluding hydrogens is 244 g/mol. The maximum atomic E-state index is 11.7. The van der Waals surface area contributed by atoms with E-state index in [9.17, 15) is 15.0 Å². The molecule has 19 heavy (non-hydrogen) atoms. The first kappa shape index (κ1) is 13.1. The van der Waals surface area contributed by atoms with Gasteiger partial charge >= 0.3 is 5.97 Å². The highest BCUT2D eigenvalue weighted by Gasteiger charge is 2.57. The third kappa shape index (κ3) is 1.84. The topological polar surface area (TPSA) is 66.8 Å². The van der Waals surface area contributed by atoms with E-state index < -0.39 is 11.2 Å². The molecular formula is C15H22O4. The van der Waals surface area contributed by atoms with Crippen molar-refractivity contribution in [1.82, 2.24) is 0 Å². The highest BCUT2D eigenvalue weighted by molar-refractivity contribution is 5.90. The maximum absolute atomic E-state index is 11.7. The Labute approximate surface area is 113 Å². The zero-order valence-electron chi connectivity index (χ0n) is 11.6. The number of hydrogen-bond donors (Lipinski definition) is 2. The Bertz CT molecular complexity index is 437. The molecule has 3 aliphatic rings. The number of rotatable bonds is 0. The molecule has 2 aliphatic carbocycles. The fourth-order valence-electron chi connectivity index (χ4n) is 4.41. The average Bonchev–Trinajstić information content (AvgIpc) is 2.66. The van der Waals surface area contributed by atoms with Gasteiger partial charge in [-0.1, -0.05) is 6.58 Å². The Kier molecular flexibility index (Phi) is 2.64. The Morgan fingerprint density at radius 1 is 1.26 bits per heavy atom. The van der Waals surface area contributed by atoms with Crippen molar-refractivity contribution >= 4 is 5.97 Å². The van der Waals surface area contributed by atoms with Crippen molar-refractivity contribution < 1.29 is 19.7 Å². The van der Waals surface area contributed by atoms with Crippen molar-refractivity contribution in [2.75, 3.05) is 0 Å². The van der Waals surface area contributed by atoms with E-state index in [2.05, 4.69) is 6.58 Å². The minimum Gasteiger partial charge on any atom is -0.458 e. The van der Waals surface area contributed by atoms with E-state index >= 15 is 0 Å². The molecule has 0 aromatic rings. The van der Waals surface area contributed by atoms with Gasteiger partial charge in [0.15, 0.2) is 0 Å². The third-order valence-electron chi connectivity index (χ3n) is 5.58. The smallest absolute Gasteiger partial charge is 0.334 e. The lowest BCUT2D eigenvalue weighted by molar-refractivity contribution is -0.142. The van der Waals surface area contributed by atoms with Crippen molar-refractivity contribution in [3.8, 4) is 0 Å². The number of carbonyl (C=O) groups excluding carboxylic acids is 1. The Morgan fingerprint density at radius 3 is 2.63 bits per heavy atom. The zero-order valence-corrected chi connectivity index (χ0v) is 11.6. The van der Waals surface area contributed by atoms with Crippen LogP contribution in [0.15, 0.2) is 12.2 Å². The molecule has 3 fully saturated rings. The van der Waals surface area contributed by atoms with Crippen LogP contribution in [0.3, 0.4) is 0 Å². The van der Waals surface area contributed by atoms with Crippen LogP contribution in [-0.2, 0) is 9.53 Å². The molecule has 1 saturated heterocycles. The highest BCUT2D eigenvalue weighted by Crippen LogP contribution is 2.54. The summed E-state index contributed by atoms with van der Waals surface area (Å²) in [6.45, 7) is 7.48. The molecule has 1 aliphatic heterocycles. The molecule has 0 bridgehead atoms. The summed E-state index contributed by atoms with van der Waals surface area (Å²) in [7, 11) is 0. The summed E-state index contributed by atoms with van der Waals surface area (Å²) in [6.07, 6.45) is 2.38. The average molecular weight is 266 g/mol. The summed E-state index contributed by atoms with van der Waals surface area (Å²) in [4.78, 5) is 11.7. The lowest BCUT2D eigenvalue weighted by Crippen LogP contribution is -2.41. The summed E-state index contributed by atoms with van der Waals surface area (Å²) in [5, 5.41) is 21.3. The molecule has 2 saturated carbocycles. The van der Waals surface area contributed by atoms with Crippen molar-refractivity contribution in [1.29, 1.82) is 0 Å². The van der Waals surface area contributed by atoms with Gasteiger partial charge in [0.05, 0.1) is 11.2 Å². The summed E-state index contributed by atoms with van der Waals surface area (Å²) in [5.74, 6) is -0.330. The van der Waals surface area contributed by atoms with Crippen molar-refractivity contribution in [3.63, 3.8) is 0 Å². The normalized spacial score (nSPS) is 53.5. The van der Waals surface area contributed by atoms with Gasteiger partial charge in [0.25, 0.3) is 0 Å². The van der Waals surface area contributed by atoms with E-state index in [0.29, 0.717) is 24.8 Å². The quantitative estimate of drug-likeness (QED) is 0.514. The molecule has 0 aromatic carbocycles. The minimum atomic E-state index is -0.893. The van der Waals surface area contributed by atoms with E-state index in [1.807, 2.05) is 13.8 Å². The number of hydrogen-bond acceptors (Lipinski definition) is 4. The highest BCUT2D eigenvalue weighted by atomic mass is 16.6. The van der Waals surface area contributed by atoms with Crippen LogP contribution in [0.1, 0.15) is 39.5 Å². The summed E-state index contributed by atoms with van der Waals surface area (Å²) < 4.78 is 5.35. The van der Waals surface area contributed by atoms with E-state index in [1.165, 1.54) is 0 Å². The standard InChI is InChI=1S/C15H22O4/c1-8-9-6-11-10(4-5-14(11,2)17)15(3,18)7-12(9)19-13(8)16/h9-12,17-18H,1,4-7H2,2-3H3/t9-,10-,11-,12+,14+,15+/m1/s1. The number of fused-ring (bicyclic) bond motifs is 2. The molecule has 0 unspecified atom stereocenters. The molecule has 3 rings (SSSR count). The van der Waals surface area contributed by atoms with E-state index in [1.54, 1.807) is 0 Å². The largest absolute Gasteiger partial charge is 0.458 e. The van der Waals surface area contributed by atoms with Crippen molar-refractivity contribution in [3.05, 3.63) is 12.2 Å². The number of ether oxygens (including phenoxy) is 1. The Morgan fingerprint density at radius 2 is 1.95 bits per heavy atom. The maximum Gasteiger partial charge on any atom is 0.334 e. The van der Waals surface area contributed by atoms with Gasteiger partial charge < -0.3 is 14.9 Å². The fourth-order valence-corrected chi connectivity index (χ4v) is 4.41. The molecule has 4 heteroatoms. The van der Waals surface area contributed by atoms with Crippen LogP contribution in [0, 0.1) is 17.8 Å². The minimum absolute atomic E-state index is 0.00347. The molecule has 4 nitrogen and oxygen atoms in total. The summed E-state index contributed by atoms with van der Waals surface area (Å²) >= 11 is 0. The molecule has 0 aromatic heterocycles. The second-order valence-corrected chi connectivity index (χ2v) is 6.98. The zero-order chi connectivity index (χ0) is 14.0. The van der Waals surface area contributed by atoms with Crippen LogP contribution in [0.5, 0.6) is 0 Å². The van der Waals surface area contributed by atoms with Crippen LogP contribution in [0.25, 0.3) is 0 Å². The van der Waals surface area contributed by atoms with Gasteiger partial charge in [0.2, 0.25) is 0 Å². The van der Waals surface area contributed by atoms with Crippen LogP contribution >= 0.6 is 0 Å². The first-order valence-electron chi connectivity index (χ1n) is 7.07. The SMILES string of the molecule is C=C1C(=O)O[C@H]2C[C@](C)(O)[C@@H]3CC[C@](C)(O)[C@@H]3C[C@H]12. The second kappa shape index (κ2) is 3.83. The predicted octanol–water partition coefficient (Wildman–Crippen LogP) is 1.41. The van der Waals surface area contributed by atoms with Gasteiger partial charge in [0.1, 0.15) is 6.10 Å². The van der Waals surface area contributed by atoms with E-state index in [4.69, 9.17) is 4.74 Å². The van der Waals surface area contributed by atoms with Crippen LogP contribution < -0.4 is 0 Å². The number of aliphatic hydroxyl groups is 2. The molecule has 0 spiro atoms. The van der Waals surface area contributed by atoms with Crippen molar-refractivity contribution in [2.24, 2.45) is 17.8 Å². The van der Waals surface area contributed by atoms with E-state index in [0.717, 1.165) is 6.42 Å². The molecule has 106 valence electrons. The van der Waals surface area contributed by atoms with Gasteiger partial charge in [-0.2, -0.15) is 0 Å². The Hall–Kier alpha value is -0.870. The van der Waals surface area contributed by atoms with Crippen LogP contribution in [0.2, 0.25) is 0 Å². The first-order chi connectivity index (χ1) is 8.72. The van der Waals surface area contributed by atoms with Gasteiger partial charge in [-0.25, -0.2) is 4.79 Å². The second-order valence-electron chi connectivity index (χ2n) is 6.98. The first-order valence-corrected chi connectivity index (χ1v) is 7.07. The van der Waals surface area contributed by atoms with Crippen LogP contribution in [0.4, 0.5) is 0 Å². The van der Waals surface area contributed by atoms with Gasteiger partial charge in [0, 0.05) is 17.9 Å². The van der Waals surface area contributed by atoms with Gasteiger partial charge in [-0.3, -0.25) is 0 Å². The summed E-state index contributed by atoms with van der Waals surface area (Å²) in [5.41, 5.74) is -1.16. The van der Waals surface area contributed by atoms with Crippen molar-refractivity contribution in [2.45, 2.75) is 56.8 Å². The predicted molar refractivity (Wildman–Crippen MR) is 69.2 cm³/mol. The van der Waals surface area contributed by atoms with E-state index in [-0.39, 0.29) is 29.8 Å². The number of esters is 1. The lowest BCUT2D eigenvalue weighted by atomic mass is 9.76. The molecule has 2 N–H and O–H groups in total. The van der Waals surface area contributed by atoms with Crippen LogP contribution in [-0.4, -0.2) is 33.5 Å². The summed E-state index contributed by atoms with van der Waals surface area (Å²) in [6, 6.07) is 0. The van der Waals surface area contributed by atoms with Gasteiger partial charge in [-0.05, 0) is 44.9 Å². The molecule has 1 heterocycles. The molecule has 0 amide bonds. The fraction of sp³-hybridized carbons (Fsp3) is 0.800. The molecule has 6 atom stereocenters. The third-order valence-corrected chi connectivity index (χ3v) is 5.58. The Balaban J connectivity index is 1.98. The number of carbonyl (C=O) groups is 1. The lowest BCUT2D eigenvalue weighted by Gasteiger charge is -2.35.